The van der Waals surface area contributed by atoms with E-state index >= 15 is 0 Å². The fourth-order valence-electron chi connectivity index (χ4n) is 4.34. The summed E-state index contributed by atoms with van der Waals surface area (Å²) in [6.07, 6.45) is 2.48. The minimum atomic E-state index is -0.351. The van der Waals surface area contributed by atoms with Crippen molar-refractivity contribution >= 4 is 50.4 Å². The molecule has 1 aromatic carbocycles. The number of β-amino-alcohol motifs (C(OH)–C–C–N with tert-alkyl or cyclic N) is 1. The molecule has 1 aliphatic rings. The maximum Gasteiger partial charge on any atom is 0.163 e. The van der Waals surface area contributed by atoms with E-state index in [0.29, 0.717) is 24.0 Å². The molecule has 10 heteroatoms. The monoisotopic (exact) mass is 499 g/mol. The smallest absolute Gasteiger partial charge is 0.163 e. The first-order valence-electron chi connectivity index (χ1n) is 11.7. The van der Waals surface area contributed by atoms with E-state index in [0.717, 1.165) is 51.0 Å². The first-order chi connectivity index (χ1) is 16.4. The highest BCUT2D eigenvalue weighted by Gasteiger charge is 2.23. The molecule has 0 spiro atoms. The molecule has 180 valence electrons. The van der Waals surface area contributed by atoms with Crippen molar-refractivity contribution in [1.82, 2.24) is 24.9 Å². The average molecular weight is 500 g/mol. The van der Waals surface area contributed by atoms with Gasteiger partial charge in [-0.1, -0.05) is 25.4 Å². The lowest BCUT2D eigenvalue weighted by molar-refractivity contribution is 0.0883. The van der Waals surface area contributed by atoms with Crippen LogP contribution in [-0.2, 0) is 0 Å². The van der Waals surface area contributed by atoms with Gasteiger partial charge in [0.2, 0.25) is 0 Å². The first kappa shape index (κ1) is 23.3. The van der Waals surface area contributed by atoms with Gasteiger partial charge in [-0.2, -0.15) is 9.61 Å². The van der Waals surface area contributed by atoms with Crippen LogP contribution in [0.25, 0.3) is 15.9 Å². The molecule has 4 aromatic rings. The third kappa shape index (κ3) is 4.70. The Labute approximate surface area is 207 Å². The van der Waals surface area contributed by atoms with Crippen LogP contribution in [0, 0.1) is 5.92 Å². The van der Waals surface area contributed by atoms with Gasteiger partial charge in [0.1, 0.15) is 16.6 Å². The van der Waals surface area contributed by atoms with Crippen LogP contribution in [0.3, 0.4) is 0 Å². The van der Waals surface area contributed by atoms with Crippen LogP contribution in [0.1, 0.15) is 49.7 Å². The average Bonchev–Trinajstić information content (AvgIpc) is 3.43. The molecular weight excluding hydrogens is 470 g/mol. The van der Waals surface area contributed by atoms with Crippen LogP contribution in [0.4, 0.5) is 11.6 Å². The second kappa shape index (κ2) is 9.65. The Bertz CT molecular complexity index is 1300. The number of fused-ring (bicyclic) bond motifs is 2. The number of thiazole rings is 1. The van der Waals surface area contributed by atoms with E-state index in [1.54, 1.807) is 11.3 Å². The molecule has 4 heterocycles. The fraction of sp³-hybridized carbons (Fsp3) is 0.458. The summed E-state index contributed by atoms with van der Waals surface area (Å²) in [5.41, 5.74) is 2.83. The van der Waals surface area contributed by atoms with Gasteiger partial charge < -0.3 is 21.1 Å². The van der Waals surface area contributed by atoms with Crippen LogP contribution in [-0.4, -0.2) is 50.4 Å². The highest BCUT2D eigenvalue weighted by molar-refractivity contribution is 7.18. The fourth-order valence-corrected chi connectivity index (χ4v) is 5.45. The summed E-state index contributed by atoms with van der Waals surface area (Å²) in [6, 6.07) is 7.75. The number of hydrogen-bond donors (Lipinski definition) is 4. The Morgan fingerprint density at radius 2 is 2.12 bits per heavy atom. The van der Waals surface area contributed by atoms with E-state index in [9.17, 15) is 5.11 Å². The summed E-state index contributed by atoms with van der Waals surface area (Å²) in [5.74, 6) is 2.10. The number of aliphatic hydroxyl groups excluding tert-OH is 1. The van der Waals surface area contributed by atoms with Crippen LogP contribution < -0.4 is 16.0 Å². The number of nitrogens with zero attached hydrogens (tertiary/aromatic N) is 4. The van der Waals surface area contributed by atoms with Gasteiger partial charge in [0.15, 0.2) is 5.65 Å². The van der Waals surface area contributed by atoms with Crippen molar-refractivity contribution in [1.29, 1.82) is 0 Å². The standard InChI is InChI=1S/C24H30ClN7OS/c1-13(2)17-11-28-32-22(29-14(3)24-30-18-8-16(25)4-5-20(18)34-24)9-21(31-23(17)32)27-10-15-6-7-26-12-19(15)33/h4-5,8-9,11,13-15,19,26,29,33H,6-7,10,12H2,1-3H3,(H,27,31)/t14-,15+,19-/m0/s1. The Kier molecular flexibility index (Phi) is 6.61. The lowest BCUT2D eigenvalue weighted by atomic mass is 9.95. The quantitative estimate of drug-likeness (QED) is 0.293. The van der Waals surface area contributed by atoms with Crippen molar-refractivity contribution < 1.29 is 5.11 Å². The van der Waals surface area contributed by atoms with Gasteiger partial charge >= 0.3 is 0 Å². The van der Waals surface area contributed by atoms with Crippen molar-refractivity contribution in [2.24, 2.45) is 5.92 Å². The number of piperidine rings is 1. The molecule has 5 rings (SSSR count). The van der Waals surface area contributed by atoms with Gasteiger partial charge in [0.05, 0.1) is 28.6 Å². The molecule has 0 unspecified atom stereocenters. The lowest BCUT2D eigenvalue weighted by Crippen LogP contribution is -2.43. The van der Waals surface area contributed by atoms with Crippen molar-refractivity contribution in [2.45, 2.75) is 45.3 Å². The molecular formula is C24H30ClN7OS. The summed E-state index contributed by atoms with van der Waals surface area (Å²) in [5, 5.41) is 26.9. The summed E-state index contributed by atoms with van der Waals surface area (Å²) in [7, 11) is 0. The number of hydrogen-bond acceptors (Lipinski definition) is 8. The summed E-state index contributed by atoms with van der Waals surface area (Å²) < 4.78 is 2.97. The van der Waals surface area contributed by atoms with Gasteiger partial charge in [0.25, 0.3) is 0 Å². The van der Waals surface area contributed by atoms with Gasteiger partial charge in [-0.3, -0.25) is 0 Å². The molecule has 34 heavy (non-hydrogen) atoms. The number of nitrogens with one attached hydrogen (secondary N) is 3. The SMILES string of the molecule is CC(C)c1cnn2c(N[C@@H](C)c3nc4cc(Cl)ccc4s3)cc(NC[C@H]3CCNC[C@@H]3O)nc12. The van der Waals surface area contributed by atoms with Crippen LogP contribution in [0.5, 0.6) is 0 Å². The number of aliphatic hydroxyl groups is 1. The third-order valence-corrected chi connectivity index (χ3v) is 7.81. The number of benzene rings is 1. The largest absolute Gasteiger partial charge is 0.391 e. The topological polar surface area (TPSA) is 99.4 Å². The minimum Gasteiger partial charge on any atom is -0.391 e. The molecule has 0 bridgehead atoms. The highest BCUT2D eigenvalue weighted by atomic mass is 35.5. The molecule has 0 saturated carbocycles. The Morgan fingerprint density at radius 3 is 2.91 bits per heavy atom. The molecule has 1 fully saturated rings. The molecule has 0 amide bonds. The zero-order valence-corrected chi connectivity index (χ0v) is 21.1. The van der Waals surface area contributed by atoms with E-state index in [1.165, 1.54) is 0 Å². The molecule has 1 aliphatic heterocycles. The first-order valence-corrected chi connectivity index (χ1v) is 12.9. The van der Waals surface area contributed by atoms with Gasteiger partial charge in [-0.25, -0.2) is 9.97 Å². The van der Waals surface area contributed by atoms with Crippen LogP contribution in [0.15, 0.2) is 30.5 Å². The predicted octanol–water partition coefficient (Wildman–Crippen LogP) is 4.67. The van der Waals surface area contributed by atoms with E-state index in [-0.39, 0.29) is 18.1 Å². The van der Waals surface area contributed by atoms with Crippen molar-refractivity contribution in [3.8, 4) is 0 Å². The maximum atomic E-state index is 10.3. The van der Waals surface area contributed by atoms with E-state index in [4.69, 9.17) is 21.6 Å². The zero-order valence-electron chi connectivity index (χ0n) is 19.5. The number of rotatable bonds is 7. The van der Waals surface area contributed by atoms with Gasteiger partial charge in [-0.05, 0) is 44.0 Å². The molecule has 8 nitrogen and oxygen atoms in total. The lowest BCUT2D eigenvalue weighted by Gasteiger charge is -2.28. The molecule has 1 saturated heterocycles. The number of aromatic nitrogens is 4. The van der Waals surface area contributed by atoms with Gasteiger partial charge in [0, 0.05) is 35.7 Å². The van der Waals surface area contributed by atoms with E-state index in [2.05, 4.69) is 41.8 Å². The van der Waals surface area contributed by atoms with E-state index < -0.39 is 0 Å². The van der Waals surface area contributed by atoms with Gasteiger partial charge in [-0.15, -0.1) is 11.3 Å². The molecule has 3 atom stereocenters. The minimum absolute atomic E-state index is 0.0347. The Hall–Kier alpha value is -2.46. The number of halogens is 1. The molecule has 3 aromatic heterocycles. The molecule has 4 N–H and O–H groups in total. The normalized spacial score (nSPS) is 19.7. The van der Waals surface area contributed by atoms with Crippen molar-refractivity contribution in [2.75, 3.05) is 30.3 Å². The summed E-state index contributed by atoms with van der Waals surface area (Å²) >= 11 is 7.80. The second-order valence-electron chi connectivity index (χ2n) is 9.25. The summed E-state index contributed by atoms with van der Waals surface area (Å²) in [4.78, 5) is 9.66. The molecule has 0 radical (unpaired) electrons. The molecule has 0 aliphatic carbocycles. The highest BCUT2D eigenvalue weighted by Crippen LogP contribution is 2.31. The van der Waals surface area contributed by atoms with Crippen LogP contribution in [0.2, 0.25) is 5.02 Å². The summed E-state index contributed by atoms with van der Waals surface area (Å²) in [6.45, 7) is 8.62. The number of anilines is 2. The maximum absolute atomic E-state index is 10.3. The predicted molar refractivity (Wildman–Crippen MR) is 139 cm³/mol. The van der Waals surface area contributed by atoms with Crippen LogP contribution >= 0.6 is 22.9 Å². The van der Waals surface area contributed by atoms with Crippen molar-refractivity contribution in [3.63, 3.8) is 0 Å². The Morgan fingerprint density at radius 1 is 1.26 bits per heavy atom. The second-order valence-corrected chi connectivity index (χ2v) is 10.7. The van der Waals surface area contributed by atoms with E-state index in [1.807, 2.05) is 35.0 Å². The van der Waals surface area contributed by atoms with Crippen molar-refractivity contribution in [3.05, 3.63) is 46.1 Å². The zero-order chi connectivity index (χ0) is 23.8. The Balaban J connectivity index is 1.44. The third-order valence-electron chi connectivity index (χ3n) is 6.36.